The summed E-state index contributed by atoms with van der Waals surface area (Å²) >= 11 is 0. The molecule has 5 heteroatoms. The summed E-state index contributed by atoms with van der Waals surface area (Å²) in [6, 6.07) is 6.61. The molecule has 1 aromatic carbocycles. The maximum atomic E-state index is 12.1. The number of carboxylic acid groups (broad SMARTS) is 1. The maximum Gasteiger partial charge on any atom is 0.326 e. The van der Waals surface area contributed by atoms with Gasteiger partial charge in [0.25, 0.3) is 0 Å². The third-order valence-electron chi connectivity index (χ3n) is 3.41. The summed E-state index contributed by atoms with van der Waals surface area (Å²) in [5, 5.41) is 14.7. The number of benzene rings is 1. The van der Waals surface area contributed by atoms with Crippen LogP contribution in [0.1, 0.15) is 17.5 Å². The largest absolute Gasteiger partial charge is 0.480 e. The number of fused-ring (bicyclic) bond motifs is 1. The van der Waals surface area contributed by atoms with Gasteiger partial charge in [-0.15, -0.1) is 6.58 Å². The number of hydrogen-bond acceptors (Lipinski definition) is 3. The summed E-state index contributed by atoms with van der Waals surface area (Å²) in [4.78, 5) is 23.1. The fourth-order valence-electron chi connectivity index (χ4n) is 2.30. The number of hydrogen-bond donors (Lipinski definition) is 3. The van der Waals surface area contributed by atoms with Crippen LogP contribution < -0.4 is 10.6 Å². The van der Waals surface area contributed by atoms with Gasteiger partial charge in [0, 0.05) is 6.54 Å². The normalized spacial score (nSPS) is 18.7. The first-order valence-electron chi connectivity index (χ1n) is 6.56. The molecule has 5 nitrogen and oxygen atoms in total. The summed E-state index contributed by atoms with van der Waals surface area (Å²) in [6.45, 7) is 4.12. The molecule has 2 unspecified atom stereocenters. The highest BCUT2D eigenvalue weighted by Crippen LogP contribution is 2.16. The second kappa shape index (κ2) is 6.34. The molecule has 1 amide bonds. The van der Waals surface area contributed by atoms with Crippen molar-refractivity contribution >= 4 is 11.9 Å². The van der Waals surface area contributed by atoms with E-state index in [9.17, 15) is 9.59 Å². The highest BCUT2D eigenvalue weighted by molar-refractivity contribution is 5.87. The Morgan fingerprint density at radius 2 is 2.15 bits per heavy atom. The molecule has 0 aromatic heterocycles. The van der Waals surface area contributed by atoms with E-state index in [1.807, 2.05) is 24.3 Å². The fraction of sp³-hybridized carbons (Fsp3) is 0.333. The zero-order valence-electron chi connectivity index (χ0n) is 11.1. The number of rotatable bonds is 5. The lowest BCUT2D eigenvalue weighted by molar-refractivity contribution is -0.142. The zero-order valence-corrected chi connectivity index (χ0v) is 11.1. The van der Waals surface area contributed by atoms with Crippen LogP contribution in [0.15, 0.2) is 36.9 Å². The number of carboxylic acids is 1. The van der Waals surface area contributed by atoms with E-state index in [1.165, 1.54) is 11.6 Å². The lowest BCUT2D eigenvalue weighted by atomic mass is 9.95. The second-order valence-electron chi connectivity index (χ2n) is 4.83. The molecule has 1 aliphatic rings. The predicted octanol–water partition coefficient (Wildman–Crippen LogP) is 0.846. The molecular weight excluding hydrogens is 256 g/mol. The van der Waals surface area contributed by atoms with Crippen LogP contribution in [0.3, 0.4) is 0 Å². The van der Waals surface area contributed by atoms with Gasteiger partial charge in [0.15, 0.2) is 0 Å². The average molecular weight is 274 g/mol. The number of carbonyl (C=O) groups excluding carboxylic acids is 1. The highest BCUT2D eigenvalue weighted by Gasteiger charge is 2.27. The number of carbonyl (C=O) groups is 2. The molecule has 0 saturated carbocycles. The van der Waals surface area contributed by atoms with Gasteiger partial charge in [-0.25, -0.2) is 4.79 Å². The summed E-state index contributed by atoms with van der Waals surface area (Å²) < 4.78 is 0. The van der Waals surface area contributed by atoms with Crippen LogP contribution in [0.2, 0.25) is 0 Å². The van der Waals surface area contributed by atoms with Crippen molar-refractivity contribution in [1.29, 1.82) is 0 Å². The Balaban J connectivity index is 2.01. The Bertz CT molecular complexity index is 528. The molecule has 1 aromatic rings. The van der Waals surface area contributed by atoms with E-state index in [1.54, 1.807) is 0 Å². The Hall–Kier alpha value is -2.14. The second-order valence-corrected chi connectivity index (χ2v) is 4.83. The van der Waals surface area contributed by atoms with E-state index in [4.69, 9.17) is 5.11 Å². The molecule has 0 spiro atoms. The van der Waals surface area contributed by atoms with Crippen LogP contribution in [0, 0.1) is 0 Å². The van der Waals surface area contributed by atoms with Gasteiger partial charge in [0.05, 0.1) is 6.04 Å². The molecule has 0 bridgehead atoms. The minimum absolute atomic E-state index is 0.213. The minimum Gasteiger partial charge on any atom is -0.480 e. The Morgan fingerprint density at radius 1 is 1.45 bits per heavy atom. The zero-order chi connectivity index (χ0) is 14.5. The molecule has 0 radical (unpaired) electrons. The van der Waals surface area contributed by atoms with Crippen molar-refractivity contribution in [3.63, 3.8) is 0 Å². The molecular formula is C15H18N2O3. The third-order valence-corrected chi connectivity index (χ3v) is 3.41. The van der Waals surface area contributed by atoms with Crippen molar-refractivity contribution in [2.24, 2.45) is 0 Å². The van der Waals surface area contributed by atoms with E-state index >= 15 is 0 Å². The van der Waals surface area contributed by atoms with Crippen LogP contribution in [-0.2, 0) is 22.6 Å². The molecule has 20 heavy (non-hydrogen) atoms. The Kier molecular flexibility index (Phi) is 4.53. The standard InChI is InChI=1S/C15H18N2O3/c1-2-5-12(15(19)20)17-14(18)13-8-10-6-3-4-7-11(10)9-16-13/h2-4,6-7,12-13,16H,1,5,8-9H2,(H,17,18)(H,19,20). The monoisotopic (exact) mass is 274 g/mol. The third kappa shape index (κ3) is 3.24. The van der Waals surface area contributed by atoms with Crippen molar-refractivity contribution in [2.75, 3.05) is 0 Å². The molecule has 0 aliphatic carbocycles. The first kappa shape index (κ1) is 14.3. The minimum atomic E-state index is -1.05. The van der Waals surface area contributed by atoms with Crippen LogP contribution in [-0.4, -0.2) is 29.1 Å². The maximum absolute atomic E-state index is 12.1. The molecule has 3 N–H and O–H groups in total. The SMILES string of the molecule is C=CCC(NC(=O)C1Cc2ccccc2CN1)C(=O)O. The molecule has 0 saturated heterocycles. The smallest absolute Gasteiger partial charge is 0.326 e. The van der Waals surface area contributed by atoms with E-state index in [-0.39, 0.29) is 12.3 Å². The summed E-state index contributed by atoms with van der Waals surface area (Å²) in [6.07, 6.45) is 2.27. The van der Waals surface area contributed by atoms with Crippen molar-refractivity contribution < 1.29 is 14.7 Å². The van der Waals surface area contributed by atoms with Crippen molar-refractivity contribution in [3.05, 3.63) is 48.0 Å². The first-order chi connectivity index (χ1) is 9.61. The van der Waals surface area contributed by atoms with Gasteiger partial charge in [-0.2, -0.15) is 0 Å². The van der Waals surface area contributed by atoms with Gasteiger partial charge < -0.3 is 15.7 Å². The lowest BCUT2D eigenvalue weighted by Crippen LogP contribution is -2.52. The molecule has 2 rings (SSSR count). The van der Waals surface area contributed by atoms with Crippen molar-refractivity contribution in [3.8, 4) is 0 Å². The van der Waals surface area contributed by atoms with Gasteiger partial charge >= 0.3 is 5.97 Å². The molecule has 1 heterocycles. The van der Waals surface area contributed by atoms with Crippen LogP contribution >= 0.6 is 0 Å². The van der Waals surface area contributed by atoms with Crippen LogP contribution in [0.4, 0.5) is 0 Å². The lowest BCUT2D eigenvalue weighted by Gasteiger charge is -2.26. The first-order valence-corrected chi connectivity index (χ1v) is 6.56. The van der Waals surface area contributed by atoms with Crippen molar-refractivity contribution in [1.82, 2.24) is 10.6 Å². The van der Waals surface area contributed by atoms with E-state index < -0.39 is 18.1 Å². The molecule has 106 valence electrons. The van der Waals surface area contributed by atoms with E-state index in [0.29, 0.717) is 13.0 Å². The Labute approximate surface area is 117 Å². The molecule has 1 aliphatic heterocycles. The number of amides is 1. The van der Waals surface area contributed by atoms with Gasteiger partial charge in [-0.1, -0.05) is 30.3 Å². The van der Waals surface area contributed by atoms with Gasteiger partial charge in [-0.05, 0) is 24.0 Å². The van der Waals surface area contributed by atoms with Gasteiger partial charge in [0.2, 0.25) is 5.91 Å². The highest BCUT2D eigenvalue weighted by atomic mass is 16.4. The van der Waals surface area contributed by atoms with Gasteiger partial charge in [-0.3, -0.25) is 4.79 Å². The number of aliphatic carboxylic acids is 1. The number of nitrogens with one attached hydrogen (secondary N) is 2. The molecule has 0 fully saturated rings. The van der Waals surface area contributed by atoms with E-state index in [2.05, 4.69) is 17.2 Å². The Morgan fingerprint density at radius 3 is 2.80 bits per heavy atom. The van der Waals surface area contributed by atoms with Crippen LogP contribution in [0.5, 0.6) is 0 Å². The summed E-state index contributed by atoms with van der Waals surface area (Å²) in [5.74, 6) is -1.33. The summed E-state index contributed by atoms with van der Waals surface area (Å²) in [7, 11) is 0. The van der Waals surface area contributed by atoms with Crippen molar-refractivity contribution in [2.45, 2.75) is 31.5 Å². The van der Waals surface area contributed by atoms with Gasteiger partial charge in [0.1, 0.15) is 6.04 Å². The quantitative estimate of drug-likeness (QED) is 0.695. The van der Waals surface area contributed by atoms with E-state index in [0.717, 1.165) is 5.56 Å². The summed E-state index contributed by atoms with van der Waals surface area (Å²) in [5.41, 5.74) is 2.31. The fourth-order valence-corrected chi connectivity index (χ4v) is 2.30. The average Bonchev–Trinajstić information content (AvgIpc) is 2.46. The predicted molar refractivity (Wildman–Crippen MR) is 75.2 cm³/mol. The van der Waals surface area contributed by atoms with Crippen LogP contribution in [0.25, 0.3) is 0 Å². The topological polar surface area (TPSA) is 78.4 Å². The molecule has 2 atom stereocenters.